The lowest BCUT2D eigenvalue weighted by Crippen LogP contribution is -1.87. The number of nitrogens with one attached hydrogen (secondary N) is 1. The summed E-state index contributed by atoms with van der Waals surface area (Å²) < 4.78 is 15.8. The largest absolute Gasteiger partial charge is 0.497 e. The second-order valence-electron chi connectivity index (χ2n) is 6.16. The summed E-state index contributed by atoms with van der Waals surface area (Å²) in [4.78, 5) is 18.2. The van der Waals surface area contributed by atoms with Gasteiger partial charge < -0.3 is 18.9 Å². The molecule has 0 saturated carbocycles. The van der Waals surface area contributed by atoms with Crippen molar-refractivity contribution < 1.29 is 18.8 Å². The summed E-state index contributed by atoms with van der Waals surface area (Å²) in [5.41, 5.74) is 3.19. The standard InChI is InChI=1S/C21H17N3O5/c1-27-15-7-3-13(4-8-15)19-20(14-5-9-16(28-2)10-6-14)23-21(22-19)17-11-12-18(29-17)24(25)26/h3-12H,1-2H3,(H,22,23). The average Bonchev–Trinajstić information content (AvgIpc) is 3.41. The molecular weight excluding hydrogens is 374 g/mol. The molecule has 2 aromatic heterocycles. The smallest absolute Gasteiger partial charge is 0.433 e. The Balaban J connectivity index is 1.83. The maximum Gasteiger partial charge on any atom is 0.433 e. The van der Waals surface area contributed by atoms with Crippen LogP contribution < -0.4 is 9.47 Å². The van der Waals surface area contributed by atoms with Gasteiger partial charge in [0.2, 0.25) is 0 Å². The van der Waals surface area contributed by atoms with Crippen molar-refractivity contribution in [3.8, 4) is 45.6 Å². The second-order valence-corrected chi connectivity index (χ2v) is 6.16. The molecule has 0 aliphatic heterocycles. The van der Waals surface area contributed by atoms with E-state index in [0.29, 0.717) is 11.5 Å². The molecule has 0 aliphatic carbocycles. The monoisotopic (exact) mass is 391 g/mol. The fourth-order valence-corrected chi connectivity index (χ4v) is 2.97. The maximum atomic E-state index is 10.9. The molecule has 0 radical (unpaired) electrons. The number of H-pyrrole nitrogens is 1. The number of benzene rings is 2. The number of hydrogen-bond acceptors (Lipinski definition) is 6. The Kier molecular flexibility index (Phi) is 4.74. The Morgan fingerprint density at radius 3 is 2.00 bits per heavy atom. The number of nitro groups is 1. The molecule has 4 rings (SSSR count). The Morgan fingerprint density at radius 2 is 1.48 bits per heavy atom. The highest BCUT2D eigenvalue weighted by molar-refractivity contribution is 5.81. The first-order chi connectivity index (χ1) is 14.1. The maximum absolute atomic E-state index is 10.9. The van der Waals surface area contributed by atoms with E-state index in [9.17, 15) is 10.1 Å². The first-order valence-electron chi connectivity index (χ1n) is 8.72. The Morgan fingerprint density at radius 1 is 0.897 bits per heavy atom. The van der Waals surface area contributed by atoms with Crippen molar-refractivity contribution in [3.05, 3.63) is 70.8 Å². The van der Waals surface area contributed by atoms with Gasteiger partial charge >= 0.3 is 5.88 Å². The fourth-order valence-electron chi connectivity index (χ4n) is 2.97. The Hall–Kier alpha value is -4.07. The molecular formula is C21H17N3O5. The molecule has 2 aromatic carbocycles. The molecule has 0 amide bonds. The van der Waals surface area contributed by atoms with Crippen LogP contribution in [-0.2, 0) is 0 Å². The normalized spacial score (nSPS) is 10.7. The van der Waals surface area contributed by atoms with Crippen LogP contribution in [0.1, 0.15) is 0 Å². The highest BCUT2D eigenvalue weighted by atomic mass is 16.6. The molecule has 146 valence electrons. The van der Waals surface area contributed by atoms with Crippen LogP contribution in [-0.4, -0.2) is 29.1 Å². The minimum Gasteiger partial charge on any atom is -0.497 e. The number of methoxy groups -OCH3 is 2. The van der Waals surface area contributed by atoms with Crippen molar-refractivity contribution in [2.24, 2.45) is 0 Å². The topological polar surface area (TPSA) is 103 Å². The van der Waals surface area contributed by atoms with E-state index in [1.54, 1.807) is 14.2 Å². The highest BCUT2D eigenvalue weighted by Crippen LogP contribution is 2.35. The molecule has 0 atom stereocenters. The van der Waals surface area contributed by atoms with Crippen molar-refractivity contribution in [1.29, 1.82) is 0 Å². The number of nitrogens with zero attached hydrogens (tertiary/aromatic N) is 2. The summed E-state index contributed by atoms with van der Waals surface area (Å²) in [5.74, 6) is 1.81. The third-order valence-corrected chi connectivity index (χ3v) is 4.45. The number of hydrogen-bond donors (Lipinski definition) is 1. The summed E-state index contributed by atoms with van der Waals surface area (Å²) in [6.07, 6.45) is 0. The summed E-state index contributed by atoms with van der Waals surface area (Å²) in [5, 5.41) is 10.9. The molecule has 0 aliphatic rings. The van der Waals surface area contributed by atoms with Crippen molar-refractivity contribution in [3.63, 3.8) is 0 Å². The van der Waals surface area contributed by atoms with E-state index in [0.717, 1.165) is 28.3 Å². The van der Waals surface area contributed by atoms with Gasteiger partial charge in [0, 0.05) is 11.1 Å². The van der Waals surface area contributed by atoms with Gasteiger partial charge in [-0.05, 0) is 54.6 Å². The predicted octanol–water partition coefficient (Wildman–Crippen LogP) is 4.93. The molecule has 8 heteroatoms. The summed E-state index contributed by atoms with van der Waals surface area (Å²) in [6.45, 7) is 0. The highest BCUT2D eigenvalue weighted by Gasteiger charge is 2.20. The van der Waals surface area contributed by atoms with Gasteiger partial charge in [0.1, 0.15) is 16.4 Å². The molecule has 0 spiro atoms. The minimum atomic E-state index is -0.582. The van der Waals surface area contributed by atoms with E-state index >= 15 is 0 Å². The zero-order valence-corrected chi connectivity index (χ0v) is 15.7. The first kappa shape index (κ1) is 18.3. The van der Waals surface area contributed by atoms with E-state index in [1.165, 1.54) is 12.1 Å². The third-order valence-electron chi connectivity index (χ3n) is 4.45. The molecule has 29 heavy (non-hydrogen) atoms. The number of imidazole rings is 1. The zero-order chi connectivity index (χ0) is 20.4. The van der Waals surface area contributed by atoms with Gasteiger partial charge in [0.25, 0.3) is 0 Å². The lowest BCUT2D eigenvalue weighted by Gasteiger charge is -2.06. The van der Waals surface area contributed by atoms with Gasteiger partial charge in [-0.15, -0.1) is 0 Å². The molecule has 0 unspecified atom stereocenters. The van der Waals surface area contributed by atoms with Crippen LogP contribution >= 0.6 is 0 Å². The first-order valence-corrected chi connectivity index (χ1v) is 8.72. The molecule has 4 aromatic rings. The van der Waals surface area contributed by atoms with Gasteiger partial charge in [-0.1, -0.05) is 0 Å². The van der Waals surface area contributed by atoms with Crippen LogP contribution in [0.15, 0.2) is 65.1 Å². The van der Waals surface area contributed by atoms with Gasteiger partial charge in [0.15, 0.2) is 11.6 Å². The van der Waals surface area contributed by atoms with Crippen LogP contribution in [0.2, 0.25) is 0 Å². The lowest BCUT2D eigenvalue weighted by molar-refractivity contribution is -0.401. The van der Waals surface area contributed by atoms with Crippen molar-refractivity contribution in [1.82, 2.24) is 9.97 Å². The second kappa shape index (κ2) is 7.51. The summed E-state index contributed by atoms with van der Waals surface area (Å²) in [6, 6.07) is 17.8. The van der Waals surface area contributed by atoms with Gasteiger partial charge in [0.05, 0.1) is 31.7 Å². The van der Waals surface area contributed by atoms with Crippen LogP contribution in [0.4, 0.5) is 5.88 Å². The van der Waals surface area contributed by atoms with Crippen LogP contribution in [0.3, 0.4) is 0 Å². The van der Waals surface area contributed by atoms with Crippen LogP contribution in [0, 0.1) is 10.1 Å². The number of furan rings is 1. The van der Waals surface area contributed by atoms with Crippen LogP contribution in [0.5, 0.6) is 11.5 Å². The van der Waals surface area contributed by atoms with Gasteiger partial charge in [-0.25, -0.2) is 4.98 Å². The van der Waals surface area contributed by atoms with Crippen molar-refractivity contribution in [2.45, 2.75) is 0 Å². The summed E-state index contributed by atoms with van der Waals surface area (Å²) >= 11 is 0. The van der Waals surface area contributed by atoms with Crippen molar-refractivity contribution >= 4 is 5.88 Å². The molecule has 1 N–H and O–H groups in total. The molecule has 0 fully saturated rings. The van der Waals surface area contributed by atoms with Gasteiger partial charge in [-0.3, -0.25) is 10.1 Å². The zero-order valence-electron chi connectivity index (χ0n) is 15.7. The fraction of sp³-hybridized carbons (Fsp3) is 0.0952. The third kappa shape index (κ3) is 3.55. The average molecular weight is 391 g/mol. The predicted molar refractivity (Wildman–Crippen MR) is 107 cm³/mol. The number of rotatable bonds is 6. The van der Waals surface area contributed by atoms with E-state index in [1.807, 2.05) is 48.5 Å². The van der Waals surface area contributed by atoms with E-state index < -0.39 is 4.92 Å². The van der Waals surface area contributed by atoms with Crippen molar-refractivity contribution in [2.75, 3.05) is 14.2 Å². The van der Waals surface area contributed by atoms with Crippen LogP contribution in [0.25, 0.3) is 34.1 Å². The van der Waals surface area contributed by atoms with E-state index in [4.69, 9.17) is 13.9 Å². The number of ether oxygens (including phenoxy) is 2. The molecule has 2 heterocycles. The minimum absolute atomic E-state index is 0.284. The Bertz CT molecular complexity index is 1080. The number of aromatic amines is 1. The summed E-state index contributed by atoms with van der Waals surface area (Å²) in [7, 11) is 3.21. The van der Waals surface area contributed by atoms with Gasteiger partial charge in [-0.2, -0.15) is 0 Å². The molecule has 0 bridgehead atoms. The van der Waals surface area contributed by atoms with E-state index in [2.05, 4.69) is 9.97 Å². The SMILES string of the molecule is COc1ccc(-c2nc(-c3ccc([N+](=O)[O-])o3)[nH]c2-c2ccc(OC)cc2)cc1. The number of aromatic nitrogens is 2. The lowest BCUT2D eigenvalue weighted by atomic mass is 10.0. The molecule has 0 saturated heterocycles. The molecule has 8 nitrogen and oxygen atoms in total. The quantitative estimate of drug-likeness (QED) is 0.369. The van der Waals surface area contributed by atoms with E-state index in [-0.39, 0.29) is 11.6 Å². The Labute approximate surface area is 165 Å².